The van der Waals surface area contributed by atoms with Gasteiger partial charge in [-0.3, -0.25) is 4.79 Å². The molecule has 1 aromatic rings. The van der Waals surface area contributed by atoms with Crippen LogP contribution in [0.1, 0.15) is 62.8 Å². The predicted octanol–water partition coefficient (Wildman–Crippen LogP) is 3.76. The second-order valence-corrected chi connectivity index (χ2v) is 8.91. The molecular formula is C23H33N3O2. The minimum Gasteiger partial charge on any atom is -0.340 e. The van der Waals surface area contributed by atoms with E-state index in [4.69, 9.17) is 0 Å². The van der Waals surface area contributed by atoms with E-state index in [2.05, 4.69) is 35.6 Å². The number of carbonyl (C=O) groups excluding carboxylic acids is 2. The lowest BCUT2D eigenvalue weighted by Crippen LogP contribution is -2.54. The van der Waals surface area contributed by atoms with Gasteiger partial charge in [0.05, 0.1) is 0 Å². The van der Waals surface area contributed by atoms with Crippen molar-refractivity contribution in [2.24, 2.45) is 5.92 Å². The fourth-order valence-corrected chi connectivity index (χ4v) is 5.58. The number of urea groups is 1. The lowest BCUT2D eigenvalue weighted by Gasteiger charge is -2.43. The molecule has 0 bridgehead atoms. The van der Waals surface area contributed by atoms with Gasteiger partial charge in [0.1, 0.15) is 0 Å². The van der Waals surface area contributed by atoms with Gasteiger partial charge in [0.25, 0.3) is 0 Å². The molecule has 2 aliphatic heterocycles. The van der Waals surface area contributed by atoms with Crippen LogP contribution in [-0.4, -0.2) is 54.0 Å². The van der Waals surface area contributed by atoms with Crippen molar-refractivity contribution in [2.45, 2.75) is 62.8 Å². The van der Waals surface area contributed by atoms with Gasteiger partial charge >= 0.3 is 6.03 Å². The highest BCUT2D eigenvalue weighted by molar-refractivity contribution is 5.79. The average Bonchev–Trinajstić information content (AvgIpc) is 3.35. The third-order valence-electron chi connectivity index (χ3n) is 7.54. The van der Waals surface area contributed by atoms with Crippen LogP contribution in [0.5, 0.6) is 0 Å². The third-order valence-corrected chi connectivity index (χ3v) is 7.54. The number of carbonyl (C=O) groups is 2. The van der Waals surface area contributed by atoms with Crippen LogP contribution in [0.15, 0.2) is 30.3 Å². The summed E-state index contributed by atoms with van der Waals surface area (Å²) >= 11 is 0. The molecule has 0 radical (unpaired) electrons. The summed E-state index contributed by atoms with van der Waals surface area (Å²) < 4.78 is 0. The van der Waals surface area contributed by atoms with Crippen molar-refractivity contribution in [3.05, 3.63) is 35.9 Å². The van der Waals surface area contributed by atoms with E-state index < -0.39 is 0 Å². The number of hydrogen-bond acceptors (Lipinski definition) is 2. The normalized spacial score (nSPS) is 23.4. The number of amides is 3. The zero-order valence-corrected chi connectivity index (χ0v) is 17.0. The summed E-state index contributed by atoms with van der Waals surface area (Å²) in [5.74, 6) is 1.33. The van der Waals surface area contributed by atoms with E-state index in [9.17, 15) is 9.59 Å². The predicted molar refractivity (Wildman–Crippen MR) is 110 cm³/mol. The molecule has 28 heavy (non-hydrogen) atoms. The van der Waals surface area contributed by atoms with Gasteiger partial charge in [-0.2, -0.15) is 0 Å². The lowest BCUT2D eigenvalue weighted by molar-refractivity contribution is -0.130. The SMILES string of the molecule is CN1C(=O)CCC12CCN(C(=O)NCC(c1ccccc1)C1CCCC1)CC2. The Morgan fingerprint density at radius 1 is 1.14 bits per heavy atom. The maximum absolute atomic E-state index is 12.8. The Bertz CT molecular complexity index is 691. The number of likely N-dealkylation sites (tertiary alicyclic amines) is 2. The smallest absolute Gasteiger partial charge is 0.317 e. The van der Waals surface area contributed by atoms with Crippen LogP contribution < -0.4 is 5.32 Å². The Labute approximate surface area is 168 Å². The molecule has 1 N–H and O–H groups in total. The summed E-state index contributed by atoms with van der Waals surface area (Å²) in [4.78, 5) is 28.6. The molecule has 3 aliphatic rings. The first-order valence-electron chi connectivity index (χ1n) is 10.9. The van der Waals surface area contributed by atoms with Crippen LogP contribution in [0, 0.1) is 5.92 Å². The van der Waals surface area contributed by atoms with Crippen molar-refractivity contribution in [3.8, 4) is 0 Å². The first-order valence-corrected chi connectivity index (χ1v) is 10.9. The van der Waals surface area contributed by atoms with Gasteiger partial charge in [-0.15, -0.1) is 0 Å². The van der Waals surface area contributed by atoms with Crippen LogP contribution in [0.4, 0.5) is 4.79 Å². The largest absolute Gasteiger partial charge is 0.340 e. The molecule has 2 heterocycles. The number of nitrogens with zero attached hydrogens (tertiary/aromatic N) is 2. The second-order valence-electron chi connectivity index (χ2n) is 8.91. The van der Waals surface area contributed by atoms with Crippen molar-refractivity contribution in [1.82, 2.24) is 15.1 Å². The molecule has 1 unspecified atom stereocenters. The van der Waals surface area contributed by atoms with Crippen LogP contribution in [0.2, 0.25) is 0 Å². The molecular weight excluding hydrogens is 350 g/mol. The van der Waals surface area contributed by atoms with Crippen molar-refractivity contribution >= 4 is 11.9 Å². The van der Waals surface area contributed by atoms with Gasteiger partial charge in [0, 0.05) is 44.6 Å². The van der Waals surface area contributed by atoms with Crippen LogP contribution in [-0.2, 0) is 4.79 Å². The van der Waals surface area contributed by atoms with Gasteiger partial charge in [0.2, 0.25) is 5.91 Å². The highest BCUT2D eigenvalue weighted by Crippen LogP contribution is 2.38. The molecule has 1 saturated carbocycles. The minimum atomic E-state index is -0.00964. The molecule has 1 aromatic carbocycles. The summed E-state index contributed by atoms with van der Waals surface area (Å²) in [6, 6.07) is 10.7. The fraction of sp³-hybridized carbons (Fsp3) is 0.652. The standard InChI is InChI=1S/C23H33N3O2/c1-25-21(27)11-12-23(25)13-15-26(16-14-23)22(28)24-17-20(19-9-5-6-10-19)18-7-3-2-4-8-18/h2-4,7-8,19-20H,5-6,9-17H2,1H3,(H,24,28). The quantitative estimate of drug-likeness (QED) is 0.861. The van der Waals surface area contributed by atoms with Gasteiger partial charge in [-0.05, 0) is 43.6 Å². The summed E-state index contributed by atoms with van der Waals surface area (Å²) in [6.45, 7) is 2.19. The topological polar surface area (TPSA) is 52.7 Å². The van der Waals surface area contributed by atoms with Gasteiger partial charge in [-0.1, -0.05) is 43.2 Å². The van der Waals surface area contributed by atoms with Gasteiger partial charge in [-0.25, -0.2) is 4.79 Å². The Morgan fingerprint density at radius 3 is 2.43 bits per heavy atom. The zero-order chi connectivity index (χ0) is 19.6. The van der Waals surface area contributed by atoms with E-state index in [1.807, 2.05) is 16.8 Å². The molecule has 1 atom stereocenters. The molecule has 5 nitrogen and oxygen atoms in total. The van der Waals surface area contributed by atoms with Crippen molar-refractivity contribution in [3.63, 3.8) is 0 Å². The van der Waals surface area contributed by atoms with E-state index in [0.29, 0.717) is 24.8 Å². The van der Waals surface area contributed by atoms with Crippen LogP contribution in [0.25, 0.3) is 0 Å². The highest BCUT2D eigenvalue weighted by Gasteiger charge is 2.45. The number of benzene rings is 1. The Balaban J connectivity index is 1.34. The molecule has 3 fully saturated rings. The van der Waals surface area contributed by atoms with Gasteiger partial charge in [0.15, 0.2) is 0 Å². The maximum atomic E-state index is 12.8. The molecule has 5 heteroatoms. The van der Waals surface area contributed by atoms with Crippen LogP contribution >= 0.6 is 0 Å². The zero-order valence-electron chi connectivity index (χ0n) is 17.0. The first-order chi connectivity index (χ1) is 13.6. The average molecular weight is 384 g/mol. The number of rotatable bonds is 4. The number of hydrogen-bond donors (Lipinski definition) is 1. The molecule has 2 saturated heterocycles. The van der Waals surface area contributed by atoms with E-state index >= 15 is 0 Å². The Hall–Kier alpha value is -2.04. The lowest BCUT2D eigenvalue weighted by atomic mass is 9.84. The molecule has 152 valence electrons. The first kappa shape index (κ1) is 19.3. The van der Waals surface area contributed by atoms with Crippen molar-refractivity contribution in [2.75, 3.05) is 26.7 Å². The van der Waals surface area contributed by atoms with Crippen molar-refractivity contribution < 1.29 is 9.59 Å². The van der Waals surface area contributed by atoms with Gasteiger partial charge < -0.3 is 15.1 Å². The molecule has 3 amide bonds. The van der Waals surface area contributed by atoms with Crippen molar-refractivity contribution in [1.29, 1.82) is 0 Å². The summed E-state index contributed by atoms with van der Waals surface area (Å²) in [7, 11) is 1.93. The molecule has 4 rings (SSSR count). The minimum absolute atomic E-state index is 0.00964. The van der Waals surface area contributed by atoms with E-state index in [1.165, 1.54) is 31.2 Å². The van der Waals surface area contributed by atoms with E-state index in [1.54, 1.807) is 0 Å². The number of piperidine rings is 1. The van der Waals surface area contributed by atoms with E-state index in [0.717, 1.165) is 32.4 Å². The Kier molecular flexibility index (Phi) is 5.61. The molecule has 1 aliphatic carbocycles. The fourth-order valence-electron chi connectivity index (χ4n) is 5.58. The molecule has 0 aromatic heterocycles. The number of nitrogens with one attached hydrogen (secondary N) is 1. The van der Waals surface area contributed by atoms with E-state index in [-0.39, 0.29) is 17.5 Å². The highest BCUT2D eigenvalue weighted by atomic mass is 16.2. The summed E-state index contributed by atoms with van der Waals surface area (Å²) in [6.07, 6.45) is 8.54. The molecule has 1 spiro atoms. The van der Waals surface area contributed by atoms with Crippen LogP contribution in [0.3, 0.4) is 0 Å². The second kappa shape index (κ2) is 8.14. The maximum Gasteiger partial charge on any atom is 0.317 e. The third kappa shape index (κ3) is 3.76. The Morgan fingerprint density at radius 2 is 1.82 bits per heavy atom. The monoisotopic (exact) mass is 383 g/mol. The summed E-state index contributed by atoms with van der Waals surface area (Å²) in [5, 5.41) is 3.23. The summed E-state index contributed by atoms with van der Waals surface area (Å²) in [5.41, 5.74) is 1.34.